The number of carbonyl (C=O) groups excluding carboxylic acids is 1. The van der Waals surface area contributed by atoms with Crippen LogP contribution in [0.4, 0.5) is 36.3 Å². The highest BCUT2D eigenvalue weighted by molar-refractivity contribution is 6.54. The molecule has 3 aliphatic rings. The van der Waals surface area contributed by atoms with Gasteiger partial charge < -0.3 is 34.5 Å². The number of carboxylic acid groups (broad SMARTS) is 1. The Morgan fingerprint density at radius 2 is 1.75 bits per heavy atom. The maximum atomic E-state index is 16.4. The zero-order valence-electron chi connectivity index (χ0n) is 32.5. The van der Waals surface area contributed by atoms with Crippen molar-refractivity contribution in [2.24, 2.45) is 4.99 Å². The summed E-state index contributed by atoms with van der Waals surface area (Å²) in [6, 6.07) is 7.85. The van der Waals surface area contributed by atoms with E-state index in [-0.39, 0.29) is 78.0 Å². The summed E-state index contributed by atoms with van der Waals surface area (Å²) >= 11 is 0. The molecule has 1 aliphatic carbocycles. The van der Waals surface area contributed by atoms with Gasteiger partial charge >= 0.3 is 5.97 Å². The number of hydrogen-bond acceptors (Lipinski definition) is 12. The van der Waals surface area contributed by atoms with Crippen molar-refractivity contribution in [1.29, 1.82) is 0 Å². The number of piperazine rings is 1. The summed E-state index contributed by atoms with van der Waals surface area (Å²) in [4.78, 5) is 56.9. The SMILES string of the molecule is COc1cc(Cc2cnc(/N=C3/C(=O)N(CN4CCN(c5c(F)cc6c(=O)c(C(=O)O)cn(C7CC7)c6c5F)CC4C)c4ccc(F)cc43)nc2N)cc(OC)c1OC. The van der Waals surface area contributed by atoms with Crippen LogP contribution >= 0.6 is 0 Å². The van der Waals surface area contributed by atoms with Gasteiger partial charge in [-0.15, -0.1) is 0 Å². The van der Waals surface area contributed by atoms with Crippen LogP contribution in [0.2, 0.25) is 0 Å². The summed E-state index contributed by atoms with van der Waals surface area (Å²) in [5.74, 6) is -3.15. The number of rotatable bonds is 11. The van der Waals surface area contributed by atoms with Gasteiger partial charge in [-0.25, -0.2) is 27.9 Å². The fourth-order valence-corrected chi connectivity index (χ4v) is 7.80. The van der Waals surface area contributed by atoms with Crippen molar-refractivity contribution in [3.63, 3.8) is 0 Å². The summed E-state index contributed by atoms with van der Waals surface area (Å²) in [6.45, 7) is 2.46. The third-order valence-electron chi connectivity index (χ3n) is 10.9. The van der Waals surface area contributed by atoms with Crippen molar-refractivity contribution >= 4 is 51.6 Å². The predicted molar refractivity (Wildman–Crippen MR) is 212 cm³/mol. The topological polar surface area (TPSA) is 178 Å². The number of aromatic nitrogens is 3. The fraction of sp³-hybridized carbons (Fsp3) is 0.317. The Morgan fingerprint density at radius 1 is 1.02 bits per heavy atom. The molecule has 5 aromatic rings. The number of carboxylic acids is 1. The molecule has 15 nitrogen and oxygen atoms in total. The monoisotopic (exact) mass is 812 g/mol. The number of anilines is 3. The molecule has 18 heteroatoms. The minimum absolute atomic E-state index is 0.0457. The van der Waals surface area contributed by atoms with E-state index in [1.807, 2.05) is 11.8 Å². The van der Waals surface area contributed by atoms with Crippen molar-refractivity contribution in [2.45, 2.75) is 38.3 Å². The standard InChI is InChI=1S/C41H39F3N8O7/c1-20-17-49(35-28(43)15-26-34(32(35)44)51(24-6-7-24)18-27(36(26)53)40(55)56)9-10-50(20)19-52-29-8-5-23(42)14-25(29)33(39(52)54)47-41-46-16-22(38(45)48-41)11-21-12-30(57-2)37(59-4)31(13-21)58-3/h5,8,12-16,18,20,24H,6-7,9-11,17,19H2,1-4H3,(H,55,56)(H2,45,46,48)/b47-33+. The number of methoxy groups -OCH3 is 3. The van der Waals surface area contributed by atoms with Crippen LogP contribution < -0.4 is 35.2 Å². The van der Waals surface area contributed by atoms with Crippen molar-refractivity contribution in [3.05, 3.63) is 98.7 Å². The summed E-state index contributed by atoms with van der Waals surface area (Å²) < 4.78 is 64.6. The molecule has 1 unspecified atom stereocenters. The zero-order chi connectivity index (χ0) is 41.9. The number of carbonyl (C=O) groups is 2. The summed E-state index contributed by atoms with van der Waals surface area (Å²) in [5.41, 5.74) is 6.29. The number of aromatic carboxylic acids is 1. The Kier molecular flexibility index (Phi) is 10.1. The van der Waals surface area contributed by atoms with Gasteiger partial charge in [0, 0.05) is 61.7 Å². The second-order valence-electron chi connectivity index (χ2n) is 14.6. The molecule has 0 spiro atoms. The smallest absolute Gasteiger partial charge is 0.341 e. The molecule has 59 heavy (non-hydrogen) atoms. The maximum absolute atomic E-state index is 16.4. The number of nitrogens with two attached hydrogens (primary N) is 1. The number of ether oxygens (including phenoxy) is 3. The molecule has 3 N–H and O–H groups in total. The number of benzene rings is 3. The Hall–Kier alpha value is -6.69. The van der Waals surface area contributed by atoms with E-state index in [1.165, 1.54) is 55.2 Å². The van der Waals surface area contributed by atoms with Crippen molar-refractivity contribution in [3.8, 4) is 17.2 Å². The number of nitrogen functional groups attached to an aromatic ring is 1. The lowest BCUT2D eigenvalue weighted by Gasteiger charge is -2.42. The van der Waals surface area contributed by atoms with E-state index >= 15 is 8.78 Å². The minimum atomic E-state index is -1.47. The number of amides is 1. The van der Waals surface area contributed by atoms with Gasteiger partial charge in [0.05, 0.1) is 44.6 Å². The number of fused-ring (bicyclic) bond motifs is 2. The summed E-state index contributed by atoms with van der Waals surface area (Å²) in [7, 11) is 4.53. The largest absolute Gasteiger partial charge is 0.493 e. The molecule has 8 rings (SSSR count). The lowest BCUT2D eigenvalue weighted by atomic mass is 10.1. The molecular weight excluding hydrogens is 773 g/mol. The summed E-state index contributed by atoms with van der Waals surface area (Å²) in [6.07, 6.45) is 4.28. The fourth-order valence-electron chi connectivity index (χ4n) is 7.80. The molecule has 1 atom stereocenters. The number of halogens is 3. The molecule has 4 heterocycles. The van der Waals surface area contributed by atoms with Crippen LogP contribution in [0.1, 0.15) is 52.9 Å². The van der Waals surface area contributed by atoms with Gasteiger partial charge in [0.1, 0.15) is 34.4 Å². The van der Waals surface area contributed by atoms with Gasteiger partial charge in [0.25, 0.3) is 11.9 Å². The van der Waals surface area contributed by atoms with Gasteiger partial charge in [-0.3, -0.25) is 19.4 Å². The van der Waals surface area contributed by atoms with E-state index in [0.29, 0.717) is 47.8 Å². The molecule has 0 radical (unpaired) electrons. The van der Waals surface area contributed by atoms with Crippen LogP contribution in [0.5, 0.6) is 17.2 Å². The normalized spacial score (nSPS) is 17.5. The van der Waals surface area contributed by atoms with Crippen molar-refractivity contribution < 1.29 is 42.1 Å². The Morgan fingerprint density at radius 3 is 2.37 bits per heavy atom. The third kappa shape index (κ3) is 7.02. The molecule has 2 fully saturated rings. The lowest BCUT2D eigenvalue weighted by molar-refractivity contribution is -0.112. The number of nitrogens with zero attached hydrogens (tertiary/aromatic N) is 7. The minimum Gasteiger partial charge on any atom is -0.493 e. The number of hydrogen-bond donors (Lipinski definition) is 2. The second kappa shape index (κ2) is 15.2. The van der Waals surface area contributed by atoms with Crippen LogP contribution in [-0.4, -0.2) is 95.8 Å². The molecule has 1 amide bonds. The van der Waals surface area contributed by atoms with E-state index < -0.39 is 40.3 Å². The van der Waals surface area contributed by atoms with E-state index in [9.17, 15) is 23.9 Å². The van der Waals surface area contributed by atoms with Gasteiger partial charge in [-0.1, -0.05) is 0 Å². The predicted octanol–water partition coefficient (Wildman–Crippen LogP) is 5.08. The van der Waals surface area contributed by atoms with Crippen molar-refractivity contribution in [2.75, 3.05) is 63.2 Å². The van der Waals surface area contributed by atoms with Gasteiger partial charge in [0.15, 0.2) is 17.3 Å². The van der Waals surface area contributed by atoms with Crippen LogP contribution in [0, 0.1) is 17.5 Å². The Bertz CT molecular complexity index is 2630. The van der Waals surface area contributed by atoms with E-state index in [2.05, 4.69) is 15.0 Å². The second-order valence-corrected chi connectivity index (χ2v) is 14.6. The average molecular weight is 813 g/mol. The molecule has 306 valence electrons. The first-order chi connectivity index (χ1) is 28.3. The highest BCUT2D eigenvalue weighted by atomic mass is 19.1. The third-order valence-corrected chi connectivity index (χ3v) is 10.9. The van der Waals surface area contributed by atoms with Crippen molar-refractivity contribution in [1.82, 2.24) is 19.4 Å². The van der Waals surface area contributed by atoms with Crippen LogP contribution in [-0.2, 0) is 11.2 Å². The first kappa shape index (κ1) is 39.2. The molecule has 3 aromatic carbocycles. The summed E-state index contributed by atoms with van der Waals surface area (Å²) in [5, 5.41) is 9.25. The average Bonchev–Trinajstić information content (AvgIpc) is 4.03. The lowest BCUT2D eigenvalue weighted by Crippen LogP contribution is -2.56. The highest BCUT2D eigenvalue weighted by Crippen LogP contribution is 2.41. The van der Waals surface area contributed by atoms with Crippen LogP contribution in [0.3, 0.4) is 0 Å². The van der Waals surface area contributed by atoms with E-state index in [0.717, 1.165) is 17.8 Å². The zero-order valence-corrected chi connectivity index (χ0v) is 32.5. The Labute approximate surface area is 335 Å². The molecule has 2 aromatic heterocycles. The molecule has 2 aliphatic heterocycles. The number of pyridine rings is 1. The van der Waals surface area contributed by atoms with Crippen LogP contribution in [0.15, 0.2) is 58.6 Å². The molecular formula is C41H39F3N8O7. The van der Waals surface area contributed by atoms with Gasteiger partial charge in [0.2, 0.25) is 11.2 Å². The number of aliphatic imine (C=N–C) groups is 1. The van der Waals surface area contributed by atoms with E-state index in [4.69, 9.17) is 19.9 Å². The first-order valence-corrected chi connectivity index (χ1v) is 18.7. The molecule has 1 saturated heterocycles. The molecule has 1 saturated carbocycles. The highest BCUT2D eigenvalue weighted by Gasteiger charge is 2.38. The first-order valence-electron chi connectivity index (χ1n) is 18.7. The quantitative estimate of drug-likeness (QED) is 0.181. The van der Waals surface area contributed by atoms with Gasteiger partial charge in [-0.2, -0.15) is 4.98 Å². The van der Waals surface area contributed by atoms with Gasteiger partial charge in [-0.05, 0) is 61.7 Å². The van der Waals surface area contributed by atoms with E-state index in [1.54, 1.807) is 17.0 Å². The maximum Gasteiger partial charge on any atom is 0.341 e. The van der Waals surface area contributed by atoms with Crippen LogP contribution in [0.25, 0.3) is 10.9 Å². The molecule has 0 bridgehead atoms. The Balaban J connectivity index is 1.03.